The van der Waals surface area contributed by atoms with Crippen LogP contribution in [0.5, 0.6) is 0 Å². The first-order valence-corrected chi connectivity index (χ1v) is 12.1. The number of carbonyl (C=O) groups excluding carboxylic acids is 1. The van der Waals surface area contributed by atoms with Crippen LogP contribution in [0.4, 0.5) is 19.0 Å². The molecule has 0 aromatic carbocycles. The maximum atomic E-state index is 12.8. The molecule has 1 N–H and O–H groups in total. The Balaban J connectivity index is 1.52. The fourth-order valence-corrected chi connectivity index (χ4v) is 4.89. The molecule has 0 unspecified atom stereocenters. The van der Waals surface area contributed by atoms with Gasteiger partial charge >= 0.3 is 6.18 Å². The zero-order valence-electron chi connectivity index (χ0n) is 18.7. The fourth-order valence-electron chi connectivity index (χ4n) is 3.59. The minimum absolute atomic E-state index is 0.0146. The largest absolute Gasteiger partial charge is 0.404 e. The highest BCUT2D eigenvalue weighted by Gasteiger charge is 2.39. The molecule has 4 heterocycles. The Bertz CT molecular complexity index is 1360. The first-order valence-electron chi connectivity index (χ1n) is 10.5. The molecule has 15 heteroatoms. The highest BCUT2D eigenvalue weighted by molar-refractivity contribution is 7.89. The van der Waals surface area contributed by atoms with Crippen molar-refractivity contribution in [2.75, 3.05) is 17.6 Å². The summed E-state index contributed by atoms with van der Waals surface area (Å²) in [4.78, 5) is 21.3. The molecular formula is C20H21F3N8O3S. The van der Waals surface area contributed by atoms with Crippen LogP contribution in [-0.4, -0.2) is 67.3 Å². The van der Waals surface area contributed by atoms with Crippen molar-refractivity contribution >= 4 is 21.7 Å². The number of alkyl halides is 3. The molecule has 3 aromatic heterocycles. The number of pyridine rings is 2. The summed E-state index contributed by atoms with van der Waals surface area (Å²) in [5.74, 6) is -1.92. The molecule has 0 radical (unpaired) electrons. The Morgan fingerprint density at radius 3 is 2.71 bits per heavy atom. The van der Waals surface area contributed by atoms with E-state index in [-0.39, 0.29) is 37.1 Å². The van der Waals surface area contributed by atoms with Gasteiger partial charge in [-0.05, 0) is 60.0 Å². The van der Waals surface area contributed by atoms with Crippen LogP contribution in [0.25, 0.3) is 11.5 Å². The summed E-state index contributed by atoms with van der Waals surface area (Å²) < 4.78 is 64.7. The van der Waals surface area contributed by atoms with Gasteiger partial charge in [0.25, 0.3) is 5.91 Å². The highest BCUT2D eigenvalue weighted by atomic mass is 32.2. The summed E-state index contributed by atoms with van der Waals surface area (Å²) >= 11 is 0. The molecule has 1 aliphatic rings. The summed E-state index contributed by atoms with van der Waals surface area (Å²) in [6, 6.07) is 6.28. The third kappa shape index (κ3) is 5.62. The van der Waals surface area contributed by atoms with Crippen LogP contribution in [0.1, 0.15) is 41.5 Å². The van der Waals surface area contributed by atoms with E-state index in [1.165, 1.54) is 12.3 Å². The lowest BCUT2D eigenvalue weighted by atomic mass is 10.0. The van der Waals surface area contributed by atoms with Crippen molar-refractivity contribution in [3.8, 4) is 11.5 Å². The predicted molar refractivity (Wildman–Crippen MR) is 118 cm³/mol. The van der Waals surface area contributed by atoms with Crippen molar-refractivity contribution in [1.82, 2.24) is 34.5 Å². The van der Waals surface area contributed by atoms with Crippen LogP contribution < -0.4 is 5.32 Å². The normalized spacial score (nSPS) is 14.7. The summed E-state index contributed by atoms with van der Waals surface area (Å²) in [7, 11) is -4.54. The number of fused-ring (bicyclic) bond motifs is 1. The van der Waals surface area contributed by atoms with Crippen LogP contribution in [-0.2, 0) is 23.0 Å². The van der Waals surface area contributed by atoms with Gasteiger partial charge in [0.1, 0.15) is 17.2 Å². The van der Waals surface area contributed by atoms with Gasteiger partial charge < -0.3 is 5.32 Å². The number of anilines is 1. The van der Waals surface area contributed by atoms with Crippen molar-refractivity contribution in [3.05, 3.63) is 47.3 Å². The van der Waals surface area contributed by atoms with Gasteiger partial charge in [0.15, 0.2) is 5.75 Å². The number of tetrazole rings is 1. The molecule has 0 aliphatic carbocycles. The van der Waals surface area contributed by atoms with Crippen LogP contribution in [0.15, 0.2) is 30.5 Å². The summed E-state index contributed by atoms with van der Waals surface area (Å²) in [6.45, 7) is 3.44. The van der Waals surface area contributed by atoms with E-state index >= 15 is 0 Å². The summed E-state index contributed by atoms with van der Waals surface area (Å²) in [5.41, 5.74) is 1.49. The quantitative estimate of drug-likeness (QED) is 0.533. The average Bonchev–Trinajstić information content (AvgIpc) is 3.27. The Labute approximate surface area is 198 Å². The Morgan fingerprint density at radius 2 is 2.00 bits per heavy atom. The van der Waals surface area contributed by atoms with Crippen molar-refractivity contribution in [2.24, 2.45) is 0 Å². The maximum absolute atomic E-state index is 12.8. The zero-order chi connectivity index (χ0) is 25.4. The van der Waals surface area contributed by atoms with Gasteiger partial charge in [-0.1, -0.05) is 6.07 Å². The number of sulfonamides is 1. The molecule has 3 aromatic rings. The van der Waals surface area contributed by atoms with E-state index in [4.69, 9.17) is 0 Å². The molecule has 186 valence electrons. The molecule has 35 heavy (non-hydrogen) atoms. The van der Waals surface area contributed by atoms with E-state index in [9.17, 15) is 26.4 Å². The molecule has 11 nitrogen and oxygen atoms in total. The molecule has 0 bridgehead atoms. The molecule has 1 amide bonds. The van der Waals surface area contributed by atoms with E-state index in [0.29, 0.717) is 22.6 Å². The number of rotatable bonds is 6. The number of nitrogens with one attached hydrogen (secondary N) is 1. The third-order valence-corrected chi connectivity index (χ3v) is 7.02. The van der Waals surface area contributed by atoms with Crippen LogP contribution in [0.2, 0.25) is 0 Å². The smallest absolute Gasteiger partial charge is 0.305 e. The molecule has 0 atom stereocenters. The summed E-state index contributed by atoms with van der Waals surface area (Å²) in [6.07, 6.45) is -3.23. The number of nitrogens with zero attached hydrogens (tertiary/aromatic N) is 7. The fraction of sp³-hybridized carbons (Fsp3) is 0.400. The van der Waals surface area contributed by atoms with Crippen molar-refractivity contribution in [3.63, 3.8) is 0 Å². The number of hydrogen-bond donors (Lipinski definition) is 1. The lowest BCUT2D eigenvalue weighted by Gasteiger charge is -2.28. The second kappa shape index (κ2) is 9.30. The van der Waals surface area contributed by atoms with E-state index in [0.717, 1.165) is 4.31 Å². The summed E-state index contributed by atoms with van der Waals surface area (Å²) in [5, 5.41) is 14.2. The molecule has 0 fully saturated rings. The molecular weight excluding hydrogens is 489 g/mol. The topological polar surface area (TPSA) is 136 Å². The molecule has 0 saturated heterocycles. The lowest BCUT2D eigenvalue weighted by molar-refractivity contribution is -0.107. The Morgan fingerprint density at radius 1 is 1.23 bits per heavy atom. The molecule has 0 saturated carbocycles. The molecule has 0 spiro atoms. The first-order chi connectivity index (χ1) is 16.4. The van der Waals surface area contributed by atoms with E-state index in [1.807, 2.05) is 13.8 Å². The van der Waals surface area contributed by atoms with Gasteiger partial charge in [-0.2, -0.15) is 17.5 Å². The van der Waals surface area contributed by atoms with Gasteiger partial charge in [0, 0.05) is 19.3 Å². The van der Waals surface area contributed by atoms with Gasteiger partial charge in [0.05, 0.1) is 6.04 Å². The standard InChI is InChI=1S/C20H21F3N8O3S/c1-12(2)31-18(27-28-29-31)15-4-3-5-17(25-15)26-19(32)16-8-14-10-30(7-6-13(14)9-24-16)35(33,34)11-20(21,22)23/h3-5,8-9,12H,6-7,10-11H2,1-2H3,(H,25,26,32). The number of carbonyl (C=O) groups is 1. The van der Waals surface area contributed by atoms with Gasteiger partial charge in [0.2, 0.25) is 15.8 Å². The van der Waals surface area contributed by atoms with Crippen molar-refractivity contribution < 1.29 is 26.4 Å². The minimum atomic E-state index is -4.84. The van der Waals surface area contributed by atoms with E-state index < -0.39 is 27.9 Å². The SMILES string of the molecule is CC(C)n1nnnc1-c1cccc(NC(=O)c2cc3c(cn2)CCN(S(=O)(=O)CC(F)(F)F)C3)n1. The zero-order valence-corrected chi connectivity index (χ0v) is 19.5. The highest BCUT2D eigenvalue weighted by Crippen LogP contribution is 2.26. The number of amides is 1. The Kier molecular flexibility index (Phi) is 6.55. The first kappa shape index (κ1) is 24.7. The minimum Gasteiger partial charge on any atom is -0.305 e. The maximum Gasteiger partial charge on any atom is 0.404 e. The van der Waals surface area contributed by atoms with Crippen molar-refractivity contribution in [1.29, 1.82) is 0 Å². The van der Waals surface area contributed by atoms with Gasteiger partial charge in [-0.15, -0.1) is 5.10 Å². The van der Waals surface area contributed by atoms with Gasteiger partial charge in [-0.3, -0.25) is 9.78 Å². The van der Waals surface area contributed by atoms with Crippen molar-refractivity contribution in [2.45, 2.75) is 39.0 Å². The van der Waals surface area contributed by atoms with Crippen LogP contribution in [0, 0.1) is 0 Å². The van der Waals surface area contributed by atoms with Crippen LogP contribution >= 0.6 is 0 Å². The number of halogens is 3. The Hall–Kier alpha value is -3.46. The van der Waals surface area contributed by atoms with E-state index in [1.54, 1.807) is 22.9 Å². The third-order valence-electron chi connectivity index (χ3n) is 5.23. The lowest BCUT2D eigenvalue weighted by Crippen LogP contribution is -2.41. The molecule has 4 rings (SSSR count). The second-order valence-corrected chi connectivity index (χ2v) is 10.2. The number of aromatic nitrogens is 6. The van der Waals surface area contributed by atoms with Gasteiger partial charge in [-0.25, -0.2) is 18.1 Å². The number of hydrogen-bond acceptors (Lipinski definition) is 8. The predicted octanol–water partition coefficient (Wildman–Crippen LogP) is 2.21. The monoisotopic (exact) mass is 510 g/mol. The second-order valence-electron chi connectivity index (χ2n) is 8.20. The average molecular weight is 511 g/mol. The van der Waals surface area contributed by atoms with Crippen LogP contribution in [0.3, 0.4) is 0 Å². The van der Waals surface area contributed by atoms with E-state index in [2.05, 4.69) is 30.8 Å². The molecule has 1 aliphatic heterocycles.